The minimum Gasteiger partial charge on any atom is -0.505 e. The number of nitrogens with two attached hydrogens (primary N) is 1. The Morgan fingerprint density at radius 1 is 1.29 bits per heavy atom. The van der Waals surface area contributed by atoms with Crippen LogP contribution in [0.3, 0.4) is 0 Å². The third-order valence-electron chi connectivity index (χ3n) is 3.47. The van der Waals surface area contributed by atoms with E-state index in [2.05, 4.69) is 4.98 Å². The van der Waals surface area contributed by atoms with Crippen LogP contribution in [0.25, 0.3) is 22.3 Å². The van der Waals surface area contributed by atoms with Crippen molar-refractivity contribution in [3.8, 4) is 17.1 Å². The molecule has 0 radical (unpaired) electrons. The fraction of sp³-hybridized carbons (Fsp3) is 0.118. The first-order valence-corrected chi connectivity index (χ1v) is 11.2. The Morgan fingerprint density at radius 3 is 2.46 bits per heavy atom. The van der Waals surface area contributed by atoms with Gasteiger partial charge < -0.3 is 20.4 Å². The summed E-state index contributed by atoms with van der Waals surface area (Å²) in [7, 11) is 10.6. The van der Waals surface area contributed by atoms with Crippen molar-refractivity contribution in [2.45, 2.75) is 18.2 Å². The number of carboxylic acid groups (broad SMARTS) is 1. The minimum atomic E-state index is -1.30. The maximum absolute atomic E-state index is 11.3. The van der Waals surface area contributed by atoms with Crippen LogP contribution in [0.15, 0.2) is 39.6 Å². The van der Waals surface area contributed by atoms with Gasteiger partial charge in [-0.25, -0.2) is 4.98 Å². The quantitative estimate of drug-likeness (QED) is 0.313. The van der Waals surface area contributed by atoms with Crippen molar-refractivity contribution in [2.24, 2.45) is 5.73 Å². The fourth-order valence-corrected chi connectivity index (χ4v) is 3.42. The van der Waals surface area contributed by atoms with Gasteiger partial charge in [-0.05, 0) is 39.6 Å². The van der Waals surface area contributed by atoms with Gasteiger partial charge in [0.15, 0.2) is 22.2 Å². The lowest BCUT2D eigenvalue weighted by molar-refractivity contribution is -0.136. The van der Waals surface area contributed by atoms with Crippen molar-refractivity contribution in [1.82, 2.24) is 4.98 Å². The molecule has 1 amide bonds. The zero-order valence-electron chi connectivity index (χ0n) is 14.3. The number of hydrogen-bond acceptors (Lipinski definition) is 5. The van der Waals surface area contributed by atoms with E-state index < -0.39 is 21.2 Å². The van der Waals surface area contributed by atoms with Crippen LogP contribution in [0.1, 0.15) is 23.8 Å². The predicted octanol–water partition coefficient (Wildman–Crippen LogP) is 5.10. The van der Waals surface area contributed by atoms with Crippen molar-refractivity contribution < 1.29 is 24.2 Å². The van der Waals surface area contributed by atoms with Crippen LogP contribution in [0, 0.1) is 0 Å². The molecule has 2 aromatic heterocycles. The van der Waals surface area contributed by atoms with Gasteiger partial charge in [-0.1, -0.05) is 40.0 Å². The van der Waals surface area contributed by atoms with Crippen molar-refractivity contribution >= 4 is 65.1 Å². The Morgan fingerprint density at radius 2 is 1.93 bits per heavy atom. The minimum absolute atomic E-state index is 0.0639. The van der Waals surface area contributed by atoms with Crippen LogP contribution >= 0.6 is 42.3 Å². The van der Waals surface area contributed by atoms with Gasteiger partial charge in [0.05, 0.1) is 5.39 Å². The molecule has 11 heteroatoms. The maximum atomic E-state index is 11.3. The van der Waals surface area contributed by atoms with Gasteiger partial charge in [-0.15, -0.1) is 0 Å². The summed E-state index contributed by atoms with van der Waals surface area (Å²) < 4.78 is 5.65. The van der Waals surface area contributed by atoms with Crippen LogP contribution in [0.2, 0.25) is 5.15 Å². The van der Waals surface area contributed by atoms with Gasteiger partial charge >= 0.3 is 5.97 Å². The molecular weight excluding hydrogens is 451 g/mol. The smallest absolute Gasteiger partial charge is 0.303 e. The normalized spacial score (nSPS) is 10.9. The highest BCUT2D eigenvalue weighted by molar-refractivity contribution is 8.52. The van der Waals surface area contributed by atoms with Crippen LogP contribution in [-0.4, -0.2) is 27.1 Å². The average molecular weight is 466 g/mol. The van der Waals surface area contributed by atoms with Gasteiger partial charge in [0, 0.05) is 16.9 Å². The van der Waals surface area contributed by atoms with E-state index in [1.807, 2.05) is 0 Å². The number of benzene rings is 1. The average Bonchev–Trinajstić information content (AvgIpc) is 3.11. The predicted molar refractivity (Wildman–Crippen MR) is 112 cm³/mol. The molecule has 3 aromatic rings. The second-order valence-electron chi connectivity index (χ2n) is 5.35. The molecule has 7 nitrogen and oxygen atoms in total. The number of carboxylic acids is 1. The number of carbonyl (C=O) groups excluding carboxylic acids is 1. The summed E-state index contributed by atoms with van der Waals surface area (Å²) in [5.74, 6) is -1.58. The number of halogens is 3. The van der Waals surface area contributed by atoms with E-state index in [0.717, 1.165) is 4.90 Å². The number of rotatable bonds is 4. The molecule has 0 aliphatic heterocycles. The number of hydrogen-bond donors (Lipinski definition) is 4. The third-order valence-corrected chi connectivity index (χ3v) is 5.57. The Labute approximate surface area is 176 Å². The highest BCUT2D eigenvalue weighted by Gasteiger charge is 2.20. The molecular formula is C17H15Cl3N2O5S. The molecule has 150 valence electrons. The molecule has 2 heterocycles. The number of aromatic hydroxyl groups is 1. The molecule has 0 saturated heterocycles. The van der Waals surface area contributed by atoms with Gasteiger partial charge in [0.1, 0.15) is 5.76 Å². The monoisotopic (exact) mass is 464 g/mol. The van der Waals surface area contributed by atoms with E-state index in [4.69, 9.17) is 48.2 Å². The number of aromatic nitrogens is 1. The number of thiol groups is 1. The molecule has 3 rings (SSSR count). The Balaban J connectivity index is 0.000000500. The summed E-state index contributed by atoms with van der Waals surface area (Å²) >= 11 is 6.00. The molecule has 0 atom stereocenters. The van der Waals surface area contributed by atoms with Gasteiger partial charge in [0.25, 0.3) is 5.91 Å². The van der Waals surface area contributed by atoms with Crippen molar-refractivity contribution in [3.63, 3.8) is 0 Å². The third kappa shape index (κ3) is 5.02. The van der Waals surface area contributed by atoms with Gasteiger partial charge in [-0.2, -0.15) is 0 Å². The zero-order valence-corrected chi connectivity index (χ0v) is 17.5. The second-order valence-corrected chi connectivity index (χ2v) is 9.24. The molecule has 4 N–H and O–H groups in total. The molecule has 1 aromatic carbocycles. The van der Waals surface area contributed by atoms with Gasteiger partial charge in [0.2, 0.25) is 0 Å². The van der Waals surface area contributed by atoms with E-state index in [1.54, 1.807) is 37.3 Å². The lowest BCUT2D eigenvalue weighted by Crippen LogP contribution is -2.13. The fourth-order valence-electron chi connectivity index (χ4n) is 2.13. The lowest BCUT2D eigenvalue weighted by atomic mass is 10.1. The number of furan rings is 1. The highest BCUT2D eigenvalue weighted by atomic mass is 36.0. The summed E-state index contributed by atoms with van der Waals surface area (Å²) in [5, 5.41) is 18.0. The number of aliphatic carboxylic acids is 1. The number of primary amides is 1. The van der Waals surface area contributed by atoms with E-state index >= 15 is 0 Å². The largest absolute Gasteiger partial charge is 0.505 e. The molecule has 0 bridgehead atoms. The molecule has 0 spiro atoms. The van der Waals surface area contributed by atoms with E-state index in [-0.39, 0.29) is 34.0 Å². The van der Waals surface area contributed by atoms with E-state index in [0.29, 0.717) is 11.3 Å². The zero-order chi connectivity index (χ0) is 21.0. The Kier molecular flexibility index (Phi) is 7.42. The van der Waals surface area contributed by atoms with Crippen LogP contribution < -0.4 is 5.73 Å². The Hall–Kier alpha value is -2.13. The molecule has 0 aliphatic carbocycles. The first-order chi connectivity index (χ1) is 13.1. The number of fused-ring (bicyclic) bond motifs is 1. The molecule has 28 heavy (non-hydrogen) atoms. The van der Waals surface area contributed by atoms with E-state index in [1.165, 1.54) is 0 Å². The molecule has 0 fully saturated rings. The number of carbonyl (C=O) groups is 2. The summed E-state index contributed by atoms with van der Waals surface area (Å²) in [4.78, 5) is 25.2. The topological polar surface area (TPSA) is 127 Å². The summed E-state index contributed by atoms with van der Waals surface area (Å²) in [6.45, 7) is 1.60. The molecule has 0 saturated carbocycles. The first kappa shape index (κ1) is 22.2. The highest BCUT2D eigenvalue weighted by Crippen LogP contribution is 2.46. The van der Waals surface area contributed by atoms with Crippen LogP contribution in [0.5, 0.6) is 5.75 Å². The summed E-state index contributed by atoms with van der Waals surface area (Å²) in [5.41, 5.74) is 5.71. The number of amides is 1. The number of pyridine rings is 1. The number of nitrogens with zero attached hydrogens (tertiary/aromatic N) is 1. The second kappa shape index (κ2) is 9.38. The lowest BCUT2D eigenvalue weighted by Gasteiger charge is -2.05. The summed E-state index contributed by atoms with van der Waals surface area (Å²) in [6, 6.07) is 8.70. The summed E-state index contributed by atoms with van der Waals surface area (Å²) in [6.07, 6.45) is 0.222. The van der Waals surface area contributed by atoms with E-state index in [9.17, 15) is 14.7 Å². The maximum Gasteiger partial charge on any atom is 0.303 e. The van der Waals surface area contributed by atoms with Crippen molar-refractivity contribution in [2.75, 3.05) is 0 Å². The molecule has 0 aliphatic rings. The standard InChI is InChI=1S/C14H9Cl3N2O3S.C3H6O2/c15-13-12-8(11(20)10(19-13)14(18)21)5-9(22-12)6-2-1-3-7(4-6)23(16)17;1-2-3(4)5/h1-5,20,23H,(H2,18,21);2H2,1H3,(H,4,5). The van der Waals surface area contributed by atoms with Crippen molar-refractivity contribution in [3.05, 3.63) is 41.2 Å². The van der Waals surface area contributed by atoms with Gasteiger partial charge in [-0.3, -0.25) is 9.59 Å². The van der Waals surface area contributed by atoms with Crippen LogP contribution in [0.4, 0.5) is 0 Å². The Bertz CT molecular complexity index is 1040. The molecule has 0 unspecified atom stereocenters. The first-order valence-electron chi connectivity index (χ1n) is 7.71. The SMILES string of the molecule is CCC(=O)O.NC(=O)c1nc(Cl)c2oc(-c3cccc([SH](Cl)Cl)c3)cc2c1O. The van der Waals surface area contributed by atoms with Crippen LogP contribution in [-0.2, 0) is 4.79 Å². The van der Waals surface area contributed by atoms with Crippen molar-refractivity contribution in [1.29, 1.82) is 0 Å².